The Bertz CT molecular complexity index is 777. The van der Waals surface area contributed by atoms with Gasteiger partial charge in [0.1, 0.15) is 5.75 Å². The topological polar surface area (TPSA) is 93.7 Å². The van der Waals surface area contributed by atoms with Crippen LogP contribution in [0, 0.1) is 0 Å². The highest BCUT2D eigenvalue weighted by Crippen LogP contribution is 2.29. The first-order chi connectivity index (χ1) is 13.1. The van der Waals surface area contributed by atoms with E-state index in [1.807, 2.05) is 48.5 Å². The lowest BCUT2D eigenvalue weighted by Crippen LogP contribution is -2.38. The SMILES string of the molecule is CCNC(=O)CNC(=O)COC(=O)COc1ccccc1-c1ccccc1. The summed E-state index contributed by atoms with van der Waals surface area (Å²) in [5.74, 6) is -0.996. The van der Waals surface area contributed by atoms with Gasteiger partial charge in [-0.3, -0.25) is 9.59 Å². The van der Waals surface area contributed by atoms with Gasteiger partial charge in [0.25, 0.3) is 5.91 Å². The quantitative estimate of drug-likeness (QED) is 0.653. The maximum atomic E-state index is 11.8. The predicted molar refractivity (Wildman–Crippen MR) is 100 cm³/mol. The van der Waals surface area contributed by atoms with Crippen molar-refractivity contribution in [2.24, 2.45) is 0 Å². The number of benzene rings is 2. The number of nitrogens with one attached hydrogen (secondary N) is 2. The number of amides is 2. The average Bonchev–Trinajstić information content (AvgIpc) is 2.70. The Balaban J connectivity index is 1.79. The van der Waals surface area contributed by atoms with Gasteiger partial charge in [-0.25, -0.2) is 4.79 Å². The van der Waals surface area contributed by atoms with Crippen molar-refractivity contribution in [1.82, 2.24) is 10.6 Å². The van der Waals surface area contributed by atoms with Crippen LogP contribution in [0.5, 0.6) is 5.75 Å². The van der Waals surface area contributed by atoms with Crippen LogP contribution in [0.2, 0.25) is 0 Å². The minimum absolute atomic E-state index is 0.162. The molecule has 2 aromatic rings. The molecule has 27 heavy (non-hydrogen) atoms. The fourth-order valence-electron chi connectivity index (χ4n) is 2.26. The van der Waals surface area contributed by atoms with Crippen molar-refractivity contribution in [1.29, 1.82) is 0 Å². The molecule has 2 N–H and O–H groups in total. The summed E-state index contributed by atoms with van der Waals surface area (Å²) in [5.41, 5.74) is 1.82. The number of rotatable bonds is 9. The highest BCUT2D eigenvalue weighted by molar-refractivity contribution is 5.86. The highest BCUT2D eigenvalue weighted by atomic mass is 16.6. The average molecular weight is 370 g/mol. The monoisotopic (exact) mass is 370 g/mol. The van der Waals surface area contributed by atoms with E-state index in [4.69, 9.17) is 9.47 Å². The summed E-state index contributed by atoms with van der Waals surface area (Å²) in [6, 6.07) is 17.0. The second-order valence-corrected chi connectivity index (χ2v) is 5.54. The Kier molecular flexibility index (Phi) is 7.84. The van der Waals surface area contributed by atoms with E-state index >= 15 is 0 Å². The van der Waals surface area contributed by atoms with Crippen molar-refractivity contribution < 1.29 is 23.9 Å². The van der Waals surface area contributed by atoms with Gasteiger partial charge in [-0.1, -0.05) is 48.5 Å². The molecule has 0 saturated carbocycles. The molecule has 0 fully saturated rings. The third-order valence-electron chi connectivity index (χ3n) is 3.50. The lowest BCUT2D eigenvalue weighted by atomic mass is 10.1. The lowest BCUT2D eigenvalue weighted by Gasteiger charge is -2.11. The molecule has 142 valence electrons. The largest absolute Gasteiger partial charge is 0.481 e. The predicted octanol–water partition coefficient (Wildman–Crippen LogP) is 1.53. The molecule has 2 amide bonds. The zero-order valence-corrected chi connectivity index (χ0v) is 15.1. The zero-order valence-electron chi connectivity index (χ0n) is 15.1. The maximum absolute atomic E-state index is 11.8. The molecule has 7 heteroatoms. The van der Waals surface area contributed by atoms with E-state index in [-0.39, 0.29) is 19.1 Å². The number of carbonyl (C=O) groups is 3. The third-order valence-corrected chi connectivity index (χ3v) is 3.50. The maximum Gasteiger partial charge on any atom is 0.344 e. The molecule has 0 saturated heterocycles. The van der Waals surface area contributed by atoms with Crippen LogP contribution in [-0.4, -0.2) is 44.1 Å². The Morgan fingerprint density at radius 1 is 0.852 bits per heavy atom. The van der Waals surface area contributed by atoms with Gasteiger partial charge >= 0.3 is 5.97 Å². The molecule has 0 bridgehead atoms. The molecule has 0 atom stereocenters. The normalized spacial score (nSPS) is 9.96. The Morgan fingerprint density at radius 2 is 1.56 bits per heavy atom. The lowest BCUT2D eigenvalue weighted by molar-refractivity contribution is -0.150. The summed E-state index contributed by atoms with van der Waals surface area (Å²) < 4.78 is 10.4. The molecular weight excluding hydrogens is 348 g/mol. The first-order valence-corrected chi connectivity index (χ1v) is 8.56. The van der Waals surface area contributed by atoms with Crippen molar-refractivity contribution >= 4 is 17.8 Å². The number of hydrogen-bond donors (Lipinski definition) is 2. The summed E-state index contributed by atoms with van der Waals surface area (Å²) in [5, 5.41) is 4.90. The second kappa shape index (κ2) is 10.6. The fraction of sp³-hybridized carbons (Fsp3) is 0.250. The van der Waals surface area contributed by atoms with Gasteiger partial charge < -0.3 is 20.1 Å². The van der Waals surface area contributed by atoms with Crippen LogP contribution in [0.4, 0.5) is 0 Å². The van der Waals surface area contributed by atoms with E-state index in [0.29, 0.717) is 12.3 Å². The van der Waals surface area contributed by atoms with E-state index < -0.39 is 18.5 Å². The summed E-state index contributed by atoms with van der Waals surface area (Å²) >= 11 is 0. The summed E-state index contributed by atoms with van der Waals surface area (Å²) in [4.78, 5) is 34.6. The molecule has 7 nitrogen and oxygen atoms in total. The van der Waals surface area contributed by atoms with Crippen LogP contribution in [0.15, 0.2) is 54.6 Å². The Labute approximate surface area is 157 Å². The van der Waals surface area contributed by atoms with Crippen molar-refractivity contribution in [3.05, 3.63) is 54.6 Å². The smallest absolute Gasteiger partial charge is 0.344 e. The van der Waals surface area contributed by atoms with Crippen LogP contribution in [0.3, 0.4) is 0 Å². The van der Waals surface area contributed by atoms with Crippen LogP contribution < -0.4 is 15.4 Å². The van der Waals surface area contributed by atoms with Gasteiger partial charge in [0.15, 0.2) is 13.2 Å². The van der Waals surface area contributed by atoms with Gasteiger partial charge in [0.05, 0.1) is 6.54 Å². The van der Waals surface area contributed by atoms with Crippen LogP contribution in [-0.2, 0) is 19.1 Å². The molecule has 0 aromatic heterocycles. The summed E-state index contributed by atoms with van der Waals surface area (Å²) in [7, 11) is 0. The fourth-order valence-corrected chi connectivity index (χ4v) is 2.26. The molecule has 0 spiro atoms. The molecule has 0 aliphatic heterocycles. The molecular formula is C20H22N2O5. The Hall–Kier alpha value is -3.35. The number of hydrogen-bond acceptors (Lipinski definition) is 5. The number of esters is 1. The first-order valence-electron chi connectivity index (χ1n) is 8.56. The molecule has 0 heterocycles. The van der Waals surface area contributed by atoms with Gasteiger partial charge in [-0.05, 0) is 18.6 Å². The standard InChI is InChI=1S/C20H22N2O5/c1-2-21-18(23)12-22-19(24)13-27-20(25)14-26-17-11-7-6-10-16(17)15-8-4-3-5-9-15/h3-11H,2,12-14H2,1H3,(H,21,23)(H,22,24). The molecule has 2 aromatic carbocycles. The highest BCUT2D eigenvalue weighted by Gasteiger charge is 2.11. The Morgan fingerprint density at radius 3 is 2.30 bits per heavy atom. The summed E-state index contributed by atoms with van der Waals surface area (Å²) in [6.45, 7) is 1.30. The van der Waals surface area contributed by atoms with E-state index in [2.05, 4.69) is 10.6 Å². The van der Waals surface area contributed by atoms with E-state index in [1.165, 1.54) is 0 Å². The van der Waals surface area contributed by atoms with Crippen LogP contribution in [0.25, 0.3) is 11.1 Å². The first kappa shape index (κ1) is 20.0. The van der Waals surface area contributed by atoms with Crippen molar-refractivity contribution in [3.8, 4) is 16.9 Å². The van der Waals surface area contributed by atoms with Gasteiger partial charge in [-0.15, -0.1) is 0 Å². The minimum atomic E-state index is -0.675. The molecule has 0 aliphatic carbocycles. The van der Waals surface area contributed by atoms with E-state index in [0.717, 1.165) is 11.1 Å². The van der Waals surface area contributed by atoms with Gasteiger partial charge in [0, 0.05) is 12.1 Å². The van der Waals surface area contributed by atoms with Crippen molar-refractivity contribution in [3.63, 3.8) is 0 Å². The van der Waals surface area contributed by atoms with Gasteiger partial charge in [-0.2, -0.15) is 0 Å². The number of para-hydroxylation sites is 1. The third kappa shape index (κ3) is 6.81. The van der Waals surface area contributed by atoms with Crippen LogP contribution >= 0.6 is 0 Å². The van der Waals surface area contributed by atoms with E-state index in [1.54, 1.807) is 13.0 Å². The second-order valence-electron chi connectivity index (χ2n) is 5.54. The zero-order chi connectivity index (χ0) is 19.5. The van der Waals surface area contributed by atoms with E-state index in [9.17, 15) is 14.4 Å². The number of likely N-dealkylation sites (N-methyl/N-ethyl adjacent to an activating group) is 1. The molecule has 0 unspecified atom stereocenters. The van der Waals surface area contributed by atoms with Gasteiger partial charge in [0.2, 0.25) is 5.91 Å². The number of ether oxygens (including phenoxy) is 2. The van der Waals surface area contributed by atoms with Crippen molar-refractivity contribution in [2.75, 3.05) is 26.3 Å². The number of carbonyl (C=O) groups excluding carboxylic acids is 3. The van der Waals surface area contributed by atoms with Crippen molar-refractivity contribution in [2.45, 2.75) is 6.92 Å². The molecule has 2 rings (SSSR count). The molecule has 0 aliphatic rings. The summed E-state index contributed by atoms with van der Waals surface area (Å²) in [6.07, 6.45) is 0. The molecule has 0 radical (unpaired) electrons. The van der Waals surface area contributed by atoms with Crippen LogP contribution in [0.1, 0.15) is 6.92 Å². The minimum Gasteiger partial charge on any atom is -0.481 e.